The minimum atomic E-state index is -4.08. The summed E-state index contributed by atoms with van der Waals surface area (Å²) >= 11 is 0. The summed E-state index contributed by atoms with van der Waals surface area (Å²) in [4.78, 5) is 16.8. The van der Waals surface area contributed by atoms with Crippen molar-refractivity contribution in [1.29, 1.82) is 0 Å². The van der Waals surface area contributed by atoms with E-state index in [-0.39, 0.29) is 29.4 Å². The summed E-state index contributed by atoms with van der Waals surface area (Å²) in [6.07, 6.45) is 2.43. The van der Waals surface area contributed by atoms with E-state index in [1.165, 1.54) is 24.4 Å². The molecule has 2 aromatic carbocycles. The lowest BCUT2D eigenvalue weighted by Gasteiger charge is -2.18. The van der Waals surface area contributed by atoms with Crippen LogP contribution in [0.5, 0.6) is 0 Å². The maximum absolute atomic E-state index is 13.1. The quantitative estimate of drug-likeness (QED) is 0.278. The van der Waals surface area contributed by atoms with Crippen LogP contribution in [0.15, 0.2) is 70.6 Å². The number of hydrogen-bond donors (Lipinski definition) is 2. The van der Waals surface area contributed by atoms with Crippen molar-refractivity contribution < 1.29 is 26.4 Å². The second-order valence-electron chi connectivity index (χ2n) is 7.96. The molecule has 0 amide bonds. The predicted molar refractivity (Wildman–Crippen MR) is 133 cm³/mol. The molecule has 0 spiro atoms. The first kappa shape index (κ1) is 26.7. The highest BCUT2D eigenvalue weighted by atomic mass is 32.2. The molecule has 0 saturated heterocycles. The number of nitrogens with zero attached hydrogens (tertiary/aromatic N) is 1. The normalized spacial score (nSPS) is 13.0. The highest BCUT2D eigenvalue weighted by Gasteiger charge is 2.28. The lowest BCUT2D eigenvalue weighted by atomic mass is 10.1. The molecule has 0 aliphatic heterocycles. The Balaban J connectivity index is 1.64. The molecule has 1 heterocycles. The van der Waals surface area contributed by atoms with Crippen LogP contribution < -0.4 is 9.44 Å². The molecule has 11 heteroatoms. The molecular weight excluding hydrogens is 490 g/mol. The highest BCUT2D eigenvalue weighted by molar-refractivity contribution is 7.90. The Kier molecular flexibility index (Phi) is 8.95. The number of ether oxygens (including phenoxy) is 1. The third-order valence-corrected chi connectivity index (χ3v) is 8.28. The Labute approximate surface area is 206 Å². The van der Waals surface area contributed by atoms with Gasteiger partial charge in [0.2, 0.25) is 20.0 Å². The van der Waals surface area contributed by atoms with Crippen LogP contribution >= 0.6 is 0 Å². The van der Waals surface area contributed by atoms with Gasteiger partial charge in [-0.2, -0.15) is 4.72 Å². The van der Waals surface area contributed by atoms with Crippen molar-refractivity contribution in [2.75, 3.05) is 13.2 Å². The van der Waals surface area contributed by atoms with Crippen LogP contribution in [0.4, 0.5) is 0 Å². The summed E-state index contributed by atoms with van der Waals surface area (Å²) in [5, 5.41) is 0.656. The molecule has 3 aromatic rings. The summed E-state index contributed by atoms with van der Waals surface area (Å²) in [5.74, 6) is -0.690. The average molecular weight is 520 g/mol. The fraction of sp³-hybridized carbons (Fsp3) is 0.333. The number of carbonyl (C=O) groups excluding carboxylic acids is 1. The number of pyridine rings is 1. The van der Waals surface area contributed by atoms with Crippen molar-refractivity contribution in [3.8, 4) is 0 Å². The molecule has 0 saturated carbocycles. The molecule has 0 bridgehead atoms. The Morgan fingerprint density at radius 1 is 0.971 bits per heavy atom. The van der Waals surface area contributed by atoms with Gasteiger partial charge in [-0.05, 0) is 57.4 Å². The maximum Gasteiger partial charge on any atom is 0.324 e. The monoisotopic (exact) mass is 519 g/mol. The van der Waals surface area contributed by atoms with Crippen LogP contribution in [0, 0.1) is 6.92 Å². The van der Waals surface area contributed by atoms with Gasteiger partial charge < -0.3 is 4.74 Å². The molecule has 0 aliphatic rings. The number of hydrogen-bond acceptors (Lipinski definition) is 7. The summed E-state index contributed by atoms with van der Waals surface area (Å²) in [6.45, 7) is 3.75. The predicted octanol–water partition coefficient (Wildman–Crippen LogP) is 2.90. The van der Waals surface area contributed by atoms with Gasteiger partial charge in [0.1, 0.15) is 10.9 Å². The summed E-state index contributed by atoms with van der Waals surface area (Å²) in [6, 6.07) is 13.6. The fourth-order valence-corrected chi connectivity index (χ4v) is 5.96. The lowest BCUT2D eigenvalue weighted by molar-refractivity contribution is -0.145. The van der Waals surface area contributed by atoms with E-state index in [0.29, 0.717) is 23.7 Å². The van der Waals surface area contributed by atoms with E-state index in [1.807, 2.05) is 6.92 Å². The zero-order valence-electron chi connectivity index (χ0n) is 19.6. The van der Waals surface area contributed by atoms with Gasteiger partial charge in [-0.3, -0.25) is 9.78 Å². The number of fused-ring (bicyclic) bond motifs is 1. The number of aryl methyl sites for hydroxylation is 1. The van der Waals surface area contributed by atoms with Gasteiger partial charge in [0.25, 0.3) is 0 Å². The Morgan fingerprint density at radius 2 is 1.69 bits per heavy atom. The summed E-state index contributed by atoms with van der Waals surface area (Å²) in [7, 11) is -7.73. The second kappa shape index (κ2) is 11.7. The number of unbranched alkanes of at least 4 members (excludes halogenated alkanes) is 1. The minimum absolute atomic E-state index is 0.0317. The van der Waals surface area contributed by atoms with E-state index in [4.69, 9.17) is 4.74 Å². The molecule has 2 N–H and O–H groups in total. The van der Waals surface area contributed by atoms with Crippen molar-refractivity contribution in [2.45, 2.75) is 48.9 Å². The first-order valence-electron chi connectivity index (χ1n) is 11.2. The zero-order valence-corrected chi connectivity index (χ0v) is 21.2. The third-order valence-electron chi connectivity index (χ3n) is 5.30. The lowest BCUT2D eigenvalue weighted by Crippen LogP contribution is -2.42. The largest absolute Gasteiger partial charge is 0.465 e. The number of rotatable bonds is 12. The van der Waals surface area contributed by atoms with Crippen molar-refractivity contribution in [1.82, 2.24) is 14.4 Å². The van der Waals surface area contributed by atoms with Gasteiger partial charge in [-0.25, -0.2) is 21.6 Å². The van der Waals surface area contributed by atoms with Gasteiger partial charge in [0.05, 0.1) is 17.0 Å². The van der Waals surface area contributed by atoms with Gasteiger partial charge in [0, 0.05) is 18.1 Å². The molecule has 3 rings (SSSR count). The Hall–Kier alpha value is -2.86. The zero-order chi connectivity index (χ0) is 25.5. The molecule has 188 valence electrons. The van der Waals surface area contributed by atoms with E-state index in [1.54, 1.807) is 43.3 Å². The van der Waals surface area contributed by atoms with Crippen molar-refractivity contribution >= 4 is 36.9 Å². The van der Waals surface area contributed by atoms with Gasteiger partial charge >= 0.3 is 5.97 Å². The van der Waals surface area contributed by atoms with Crippen LogP contribution in [-0.4, -0.2) is 47.0 Å². The Morgan fingerprint density at radius 3 is 2.40 bits per heavy atom. The first-order chi connectivity index (χ1) is 16.6. The molecule has 1 aromatic heterocycles. The van der Waals surface area contributed by atoms with E-state index < -0.39 is 32.1 Å². The number of aromatic nitrogens is 1. The average Bonchev–Trinajstić information content (AvgIpc) is 2.83. The first-order valence-corrected chi connectivity index (χ1v) is 14.2. The number of benzene rings is 2. The van der Waals surface area contributed by atoms with E-state index in [9.17, 15) is 21.6 Å². The fourth-order valence-electron chi connectivity index (χ4n) is 3.49. The SMILES string of the molecule is CCOC(=O)C(CCCCNS(=O)(=O)c1ccc(C)cc1)NS(=O)(=O)c1cccc2cccnc12. The van der Waals surface area contributed by atoms with Crippen LogP contribution in [0.25, 0.3) is 10.9 Å². The molecule has 0 aliphatic carbocycles. The number of nitrogens with one attached hydrogen (secondary N) is 2. The smallest absolute Gasteiger partial charge is 0.324 e. The van der Waals surface area contributed by atoms with Crippen LogP contribution in [0.1, 0.15) is 31.7 Å². The second-order valence-corrected chi connectivity index (χ2v) is 11.4. The van der Waals surface area contributed by atoms with E-state index >= 15 is 0 Å². The van der Waals surface area contributed by atoms with Gasteiger partial charge in [-0.15, -0.1) is 0 Å². The number of esters is 1. The third kappa shape index (κ3) is 7.07. The standard InChI is InChI=1S/C24H29N3O6S2/c1-3-33-24(28)21(10-4-5-17-26-34(29,30)20-14-12-18(2)13-15-20)27-35(31,32)22-11-6-8-19-9-7-16-25-23(19)22/h6-9,11-16,21,26-27H,3-5,10,17H2,1-2H3. The van der Waals surface area contributed by atoms with E-state index in [0.717, 1.165) is 5.56 Å². The molecule has 1 atom stereocenters. The molecular formula is C24H29N3O6S2. The van der Waals surface area contributed by atoms with Crippen LogP contribution in [0.3, 0.4) is 0 Å². The molecule has 9 nitrogen and oxygen atoms in total. The molecule has 1 unspecified atom stereocenters. The van der Waals surface area contributed by atoms with Crippen molar-refractivity contribution in [3.05, 3.63) is 66.4 Å². The number of sulfonamides is 2. The Bertz CT molecular complexity index is 1370. The molecule has 0 fully saturated rings. The minimum Gasteiger partial charge on any atom is -0.465 e. The number of carbonyl (C=O) groups is 1. The summed E-state index contributed by atoms with van der Waals surface area (Å²) in [5.41, 5.74) is 1.26. The summed E-state index contributed by atoms with van der Waals surface area (Å²) < 4.78 is 61.1. The maximum atomic E-state index is 13.1. The van der Waals surface area contributed by atoms with Gasteiger partial charge in [-0.1, -0.05) is 35.9 Å². The van der Waals surface area contributed by atoms with Crippen molar-refractivity contribution in [2.24, 2.45) is 0 Å². The number of para-hydroxylation sites is 1. The van der Waals surface area contributed by atoms with E-state index in [2.05, 4.69) is 14.4 Å². The van der Waals surface area contributed by atoms with Crippen LogP contribution in [0.2, 0.25) is 0 Å². The topological polar surface area (TPSA) is 132 Å². The highest BCUT2D eigenvalue weighted by Crippen LogP contribution is 2.21. The van der Waals surface area contributed by atoms with Gasteiger partial charge in [0.15, 0.2) is 0 Å². The molecule has 35 heavy (non-hydrogen) atoms. The van der Waals surface area contributed by atoms with Crippen molar-refractivity contribution in [3.63, 3.8) is 0 Å². The molecule has 0 radical (unpaired) electrons. The van der Waals surface area contributed by atoms with Crippen LogP contribution in [-0.2, 0) is 29.6 Å².